The molecule has 1 unspecified atom stereocenters. The Morgan fingerprint density at radius 3 is 2.93 bits per heavy atom. The third-order valence-electron chi connectivity index (χ3n) is 3.02. The lowest BCUT2D eigenvalue weighted by Gasteiger charge is -2.14. The van der Waals surface area contributed by atoms with Gasteiger partial charge in [-0.15, -0.1) is 0 Å². The van der Waals surface area contributed by atoms with Gasteiger partial charge in [0.05, 0.1) is 6.61 Å². The fourth-order valence-corrected chi connectivity index (χ4v) is 1.99. The molecule has 0 aliphatic carbocycles. The summed E-state index contributed by atoms with van der Waals surface area (Å²) in [6.07, 6.45) is 2.07. The molecule has 0 bridgehead atoms. The lowest BCUT2D eigenvalue weighted by Crippen LogP contribution is -2.09. The van der Waals surface area contributed by atoms with Crippen LogP contribution in [0.3, 0.4) is 0 Å². The predicted octanol–water partition coefficient (Wildman–Crippen LogP) is 2.98. The minimum Gasteiger partial charge on any atom is -0.493 e. The van der Waals surface area contributed by atoms with Gasteiger partial charge < -0.3 is 10.5 Å². The van der Waals surface area contributed by atoms with Crippen LogP contribution in [0.15, 0.2) is 18.2 Å². The SMILES string of the molecule is CC(C)c1ccc2c(c1)C(N)CCCO2. The Hall–Kier alpha value is -1.02. The van der Waals surface area contributed by atoms with Crippen molar-refractivity contribution in [2.24, 2.45) is 5.73 Å². The van der Waals surface area contributed by atoms with E-state index in [0.717, 1.165) is 25.2 Å². The van der Waals surface area contributed by atoms with Crippen LogP contribution >= 0.6 is 0 Å². The van der Waals surface area contributed by atoms with E-state index in [1.807, 2.05) is 0 Å². The van der Waals surface area contributed by atoms with E-state index in [1.165, 1.54) is 11.1 Å². The first-order chi connectivity index (χ1) is 7.18. The van der Waals surface area contributed by atoms with Gasteiger partial charge in [-0.2, -0.15) is 0 Å². The average molecular weight is 205 g/mol. The molecule has 0 saturated carbocycles. The van der Waals surface area contributed by atoms with Crippen molar-refractivity contribution in [2.75, 3.05) is 6.61 Å². The van der Waals surface area contributed by atoms with Gasteiger partial charge in [-0.1, -0.05) is 26.0 Å². The molecule has 0 spiro atoms. The molecule has 1 aliphatic heterocycles. The van der Waals surface area contributed by atoms with Gasteiger partial charge in [0.25, 0.3) is 0 Å². The maximum atomic E-state index is 6.14. The molecule has 82 valence electrons. The molecule has 1 atom stereocenters. The normalized spacial score (nSPS) is 20.7. The third kappa shape index (κ3) is 2.15. The van der Waals surface area contributed by atoms with Crippen molar-refractivity contribution >= 4 is 0 Å². The maximum Gasteiger partial charge on any atom is 0.124 e. The first kappa shape index (κ1) is 10.5. The number of hydrogen-bond acceptors (Lipinski definition) is 2. The third-order valence-corrected chi connectivity index (χ3v) is 3.02. The molecule has 2 heteroatoms. The van der Waals surface area contributed by atoms with Crippen LogP contribution in [0, 0.1) is 0 Å². The molecule has 0 fully saturated rings. The van der Waals surface area contributed by atoms with E-state index in [9.17, 15) is 0 Å². The molecular formula is C13H19NO. The van der Waals surface area contributed by atoms with Crippen molar-refractivity contribution in [3.05, 3.63) is 29.3 Å². The molecule has 2 rings (SSSR count). The van der Waals surface area contributed by atoms with Crippen LogP contribution in [0.1, 0.15) is 49.8 Å². The highest BCUT2D eigenvalue weighted by molar-refractivity contribution is 5.40. The van der Waals surface area contributed by atoms with E-state index in [4.69, 9.17) is 10.5 Å². The average Bonchev–Trinajstić information content (AvgIpc) is 2.40. The molecular weight excluding hydrogens is 186 g/mol. The smallest absolute Gasteiger partial charge is 0.124 e. The van der Waals surface area contributed by atoms with E-state index in [1.54, 1.807) is 0 Å². The van der Waals surface area contributed by atoms with Crippen molar-refractivity contribution in [3.63, 3.8) is 0 Å². The van der Waals surface area contributed by atoms with Gasteiger partial charge in [-0.05, 0) is 30.4 Å². The second-order valence-corrected chi connectivity index (χ2v) is 4.55. The minimum absolute atomic E-state index is 0.140. The lowest BCUT2D eigenvalue weighted by molar-refractivity contribution is 0.316. The van der Waals surface area contributed by atoms with Crippen LogP contribution in [0.25, 0.3) is 0 Å². The van der Waals surface area contributed by atoms with Gasteiger partial charge in [0.2, 0.25) is 0 Å². The Morgan fingerprint density at radius 2 is 2.20 bits per heavy atom. The molecule has 15 heavy (non-hydrogen) atoms. The first-order valence-electron chi connectivity index (χ1n) is 5.70. The van der Waals surface area contributed by atoms with Gasteiger partial charge >= 0.3 is 0 Å². The summed E-state index contributed by atoms with van der Waals surface area (Å²) in [6.45, 7) is 5.19. The van der Waals surface area contributed by atoms with Crippen molar-refractivity contribution in [1.29, 1.82) is 0 Å². The van der Waals surface area contributed by atoms with Crippen LogP contribution in [-0.2, 0) is 0 Å². The monoisotopic (exact) mass is 205 g/mol. The largest absolute Gasteiger partial charge is 0.493 e. The van der Waals surface area contributed by atoms with Crippen LogP contribution in [0.5, 0.6) is 5.75 Å². The summed E-state index contributed by atoms with van der Waals surface area (Å²) in [5.74, 6) is 1.52. The zero-order valence-corrected chi connectivity index (χ0v) is 9.49. The van der Waals surface area contributed by atoms with Crippen LogP contribution < -0.4 is 10.5 Å². The molecule has 0 radical (unpaired) electrons. The number of ether oxygens (including phenoxy) is 1. The van der Waals surface area contributed by atoms with Gasteiger partial charge in [-0.25, -0.2) is 0 Å². The summed E-state index contributed by atoms with van der Waals surface area (Å²) in [6, 6.07) is 6.55. The van der Waals surface area contributed by atoms with E-state index < -0.39 is 0 Å². The number of benzene rings is 1. The van der Waals surface area contributed by atoms with Crippen molar-refractivity contribution in [1.82, 2.24) is 0 Å². The molecule has 1 aliphatic rings. The number of fused-ring (bicyclic) bond motifs is 1. The molecule has 2 N–H and O–H groups in total. The Labute approximate surface area is 91.4 Å². The second kappa shape index (κ2) is 4.23. The summed E-state index contributed by atoms with van der Waals surface area (Å²) in [7, 11) is 0. The van der Waals surface area contributed by atoms with E-state index in [-0.39, 0.29) is 6.04 Å². The fourth-order valence-electron chi connectivity index (χ4n) is 1.99. The van der Waals surface area contributed by atoms with E-state index in [0.29, 0.717) is 5.92 Å². The lowest BCUT2D eigenvalue weighted by atomic mass is 9.96. The molecule has 1 heterocycles. The Bertz CT molecular complexity index is 346. The van der Waals surface area contributed by atoms with Crippen molar-refractivity contribution in [3.8, 4) is 5.75 Å². The Kier molecular flexibility index (Phi) is 2.96. The minimum atomic E-state index is 0.140. The predicted molar refractivity (Wildman–Crippen MR) is 62.2 cm³/mol. The standard InChI is InChI=1S/C13H19NO/c1-9(2)10-5-6-13-11(8-10)12(14)4-3-7-15-13/h5-6,8-9,12H,3-4,7,14H2,1-2H3. The summed E-state index contributed by atoms with van der Waals surface area (Å²) < 4.78 is 5.67. The number of hydrogen-bond donors (Lipinski definition) is 1. The summed E-state index contributed by atoms with van der Waals surface area (Å²) in [5, 5.41) is 0. The summed E-state index contributed by atoms with van der Waals surface area (Å²) in [4.78, 5) is 0. The molecule has 1 aromatic carbocycles. The fraction of sp³-hybridized carbons (Fsp3) is 0.538. The van der Waals surface area contributed by atoms with Crippen molar-refractivity contribution < 1.29 is 4.74 Å². The van der Waals surface area contributed by atoms with E-state index >= 15 is 0 Å². The molecule has 0 amide bonds. The zero-order valence-electron chi connectivity index (χ0n) is 9.49. The molecule has 2 nitrogen and oxygen atoms in total. The first-order valence-corrected chi connectivity index (χ1v) is 5.70. The summed E-state index contributed by atoms with van der Waals surface area (Å²) >= 11 is 0. The molecule has 1 aromatic rings. The zero-order chi connectivity index (χ0) is 10.8. The van der Waals surface area contributed by atoms with Crippen LogP contribution in [0.4, 0.5) is 0 Å². The van der Waals surface area contributed by atoms with Gasteiger partial charge in [0, 0.05) is 11.6 Å². The Morgan fingerprint density at radius 1 is 1.40 bits per heavy atom. The van der Waals surface area contributed by atoms with E-state index in [2.05, 4.69) is 32.0 Å². The topological polar surface area (TPSA) is 35.2 Å². The highest BCUT2D eigenvalue weighted by atomic mass is 16.5. The quantitative estimate of drug-likeness (QED) is 0.765. The highest BCUT2D eigenvalue weighted by Gasteiger charge is 2.17. The summed E-state index contributed by atoms with van der Waals surface area (Å²) in [5.41, 5.74) is 8.66. The highest BCUT2D eigenvalue weighted by Crippen LogP contribution is 2.32. The van der Waals surface area contributed by atoms with Crippen molar-refractivity contribution in [2.45, 2.75) is 38.6 Å². The van der Waals surface area contributed by atoms with Gasteiger partial charge in [-0.3, -0.25) is 0 Å². The molecule has 0 saturated heterocycles. The van der Waals surface area contributed by atoms with Crippen LogP contribution in [-0.4, -0.2) is 6.61 Å². The Balaban J connectivity index is 2.39. The second-order valence-electron chi connectivity index (χ2n) is 4.55. The van der Waals surface area contributed by atoms with Gasteiger partial charge in [0.1, 0.15) is 5.75 Å². The number of nitrogens with two attached hydrogens (primary N) is 1. The van der Waals surface area contributed by atoms with Gasteiger partial charge in [0.15, 0.2) is 0 Å². The maximum absolute atomic E-state index is 6.14. The number of rotatable bonds is 1. The van der Waals surface area contributed by atoms with Crippen LogP contribution in [0.2, 0.25) is 0 Å². The molecule has 0 aromatic heterocycles.